The van der Waals surface area contributed by atoms with Gasteiger partial charge in [-0.1, -0.05) is 0 Å². The molecule has 2 aliphatic rings. The van der Waals surface area contributed by atoms with E-state index in [9.17, 15) is 24.9 Å². The highest BCUT2D eigenvalue weighted by atomic mass is 16.5. The zero-order chi connectivity index (χ0) is 27.8. The molecule has 1 saturated heterocycles. The lowest BCUT2D eigenvalue weighted by Crippen LogP contribution is -2.37. The summed E-state index contributed by atoms with van der Waals surface area (Å²) < 4.78 is 21.3. The third kappa shape index (κ3) is 4.52. The van der Waals surface area contributed by atoms with Crippen molar-refractivity contribution in [2.45, 2.75) is 18.9 Å². The van der Waals surface area contributed by atoms with Crippen molar-refractivity contribution < 1.29 is 43.9 Å². The predicted molar refractivity (Wildman–Crippen MR) is 140 cm³/mol. The molecule has 1 unspecified atom stereocenters. The van der Waals surface area contributed by atoms with Crippen molar-refractivity contribution in [1.29, 1.82) is 0 Å². The van der Waals surface area contributed by atoms with Crippen molar-refractivity contribution in [3.63, 3.8) is 0 Å². The van der Waals surface area contributed by atoms with Crippen LogP contribution in [-0.4, -0.2) is 54.7 Å². The minimum Gasteiger partial charge on any atom is -0.504 e. The van der Waals surface area contributed by atoms with Gasteiger partial charge in [-0.2, -0.15) is 0 Å². The van der Waals surface area contributed by atoms with Crippen LogP contribution < -0.4 is 14.8 Å². The first-order valence-corrected chi connectivity index (χ1v) is 12.5. The first-order chi connectivity index (χ1) is 18.8. The van der Waals surface area contributed by atoms with Gasteiger partial charge >= 0.3 is 11.9 Å². The van der Waals surface area contributed by atoms with Gasteiger partial charge in [0.05, 0.1) is 45.0 Å². The summed E-state index contributed by atoms with van der Waals surface area (Å²) in [6.07, 6.45) is 0. The molecule has 0 saturated carbocycles. The van der Waals surface area contributed by atoms with Gasteiger partial charge in [0.1, 0.15) is 0 Å². The summed E-state index contributed by atoms with van der Waals surface area (Å²) in [5, 5.41) is 34.8. The van der Waals surface area contributed by atoms with E-state index in [-0.39, 0.29) is 47.9 Å². The van der Waals surface area contributed by atoms with Gasteiger partial charge in [-0.15, -0.1) is 0 Å². The number of nitrogens with one attached hydrogen (secondary N) is 1. The molecule has 1 aliphatic heterocycles. The van der Waals surface area contributed by atoms with Crippen LogP contribution in [0.4, 0.5) is 5.69 Å². The molecule has 0 radical (unpaired) electrons. The van der Waals surface area contributed by atoms with Crippen LogP contribution in [0, 0.1) is 11.8 Å². The Balaban J connectivity index is 1.62. The number of esters is 2. The molecule has 3 aromatic rings. The first-order valence-electron chi connectivity index (χ1n) is 12.5. The van der Waals surface area contributed by atoms with Crippen molar-refractivity contribution >= 4 is 17.6 Å². The van der Waals surface area contributed by atoms with Gasteiger partial charge in [0.2, 0.25) is 5.75 Å². The van der Waals surface area contributed by atoms with Gasteiger partial charge in [-0.25, -0.2) is 4.79 Å². The fourth-order valence-corrected chi connectivity index (χ4v) is 5.57. The van der Waals surface area contributed by atoms with Gasteiger partial charge in [0.25, 0.3) is 0 Å². The van der Waals surface area contributed by atoms with E-state index in [2.05, 4.69) is 5.32 Å². The van der Waals surface area contributed by atoms with Crippen molar-refractivity contribution in [1.82, 2.24) is 0 Å². The Hall–Kier alpha value is -4.60. The molecule has 0 aromatic heterocycles. The molecular formula is C29H29NO9. The van der Waals surface area contributed by atoms with Crippen LogP contribution in [0.2, 0.25) is 0 Å². The number of fused-ring (bicyclic) bond motifs is 2. The van der Waals surface area contributed by atoms with Crippen LogP contribution in [0.3, 0.4) is 0 Å². The topological polar surface area (TPSA) is 144 Å². The molecule has 0 spiro atoms. The van der Waals surface area contributed by atoms with Crippen LogP contribution in [0.5, 0.6) is 28.7 Å². The molecule has 1 fully saturated rings. The second-order valence-corrected chi connectivity index (χ2v) is 9.46. The van der Waals surface area contributed by atoms with Gasteiger partial charge in [0.15, 0.2) is 23.0 Å². The lowest BCUT2D eigenvalue weighted by molar-refractivity contribution is -0.141. The minimum atomic E-state index is -0.656. The number of cyclic esters (lactones) is 1. The number of carbonyl (C=O) groups is 2. The Morgan fingerprint density at radius 2 is 1.59 bits per heavy atom. The van der Waals surface area contributed by atoms with E-state index in [4.69, 9.17) is 18.9 Å². The maximum Gasteiger partial charge on any atom is 0.338 e. The highest BCUT2D eigenvalue weighted by Gasteiger charge is 2.52. The van der Waals surface area contributed by atoms with Crippen molar-refractivity contribution in [3.05, 3.63) is 70.8 Å². The zero-order valence-corrected chi connectivity index (χ0v) is 21.6. The second-order valence-electron chi connectivity index (χ2n) is 9.46. The van der Waals surface area contributed by atoms with Crippen molar-refractivity contribution in [2.75, 3.05) is 32.8 Å². The van der Waals surface area contributed by atoms with E-state index in [1.165, 1.54) is 26.4 Å². The average Bonchev–Trinajstić information content (AvgIpc) is 3.31. The van der Waals surface area contributed by atoms with Crippen LogP contribution in [-0.2, 0) is 14.3 Å². The number of benzene rings is 3. The smallest absolute Gasteiger partial charge is 0.338 e. The predicted octanol–water partition coefficient (Wildman–Crippen LogP) is 4.09. The Morgan fingerprint density at radius 1 is 0.974 bits per heavy atom. The Kier molecular flexibility index (Phi) is 6.86. The van der Waals surface area contributed by atoms with E-state index in [1.807, 2.05) is 0 Å². The number of carbonyl (C=O) groups excluding carboxylic acids is 2. The van der Waals surface area contributed by atoms with Crippen LogP contribution in [0.1, 0.15) is 45.9 Å². The molecule has 4 atom stereocenters. The number of phenolic OH excluding ortho intramolecular Hbond substituents is 3. The van der Waals surface area contributed by atoms with E-state index in [1.54, 1.807) is 43.3 Å². The normalized spacial score (nSPS) is 21.4. The second kappa shape index (κ2) is 10.3. The van der Waals surface area contributed by atoms with Crippen LogP contribution in [0.25, 0.3) is 0 Å². The van der Waals surface area contributed by atoms with Crippen LogP contribution in [0.15, 0.2) is 48.5 Å². The number of hydrogen-bond donors (Lipinski definition) is 4. The van der Waals surface area contributed by atoms with E-state index < -0.39 is 29.8 Å². The first kappa shape index (κ1) is 26.0. The third-order valence-electron chi connectivity index (χ3n) is 7.37. The SMILES string of the molecule is CCOC(=O)c1ccc(NC2c3cc(O)c(O)cc3[C@@H](c3cc(OC)c(O)c(OC)c3)[C@H]3C(=O)OC[C@H]23)cc1. The molecular weight excluding hydrogens is 506 g/mol. The van der Waals surface area contributed by atoms with E-state index in [0.29, 0.717) is 27.9 Å². The largest absolute Gasteiger partial charge is 0.504 e. The fraction of sp³-hybridized carbons (Fsp3) is 0.310. The number of phenols is 3. The number of hydrogen-bond acceptors (Lipinski definition) is 10. The number of anilines is 1. The molecule has 1 aliphatic carbocycles. The monoisotopic (exact) mass is 535 g/mol. The zero-order valence-electron chi connectivity index (χ0n) is 21.6. The van der Waals surface area contributed by atoms with E-state index in [0.717, 1.165) is 0 Å². The highest BCUT2D eigenvalue weighted by Crippen LogP contribution is 2.55. The molecule has 39 heavy (non-hydrogen) atoms. The van der Waals surface area contributed by atoms with Crippen molar-refractivity contribution in [3.8, 4) is 28.7 Å². The summed E-state index contributed by atoms with van der Waals surface area (Å²) in [6, 6.07) is 12.5. The number of ether oxygens (including phenoxy) is 4. The quantitative estimate of drug-likeness (QED) is 0.258. The average molecular weight is 536 g/mol. The number of methoxy groups -OCH3 is 2. The summed E-state index contributed by atoms with van der Waals surface area (Å²) in [6.45, 7) is 2.14. The summed E-state index contributed by atoms with van der Waals surface area (Å²) in [5.74, 6) is -2.92. The lowest BCUT2D eigenvalue weighted by Gasteiger charge is -2.40. The molecule has 1 heterocycles. The fourth-order valence-electron chi connectivity index (χ4n) is 5.57. The van der Waals surface area contributed by atoms with Gasteiger partial charge in [0, 0.05) is 17.5 Å². The minimum absolute atomic E-state index is 0.131. The summed E-state index contributed by atoms with van der Waals surface area (Å²) in [4.78, 5) is 25.3. The molecule has 3 aromatic carbocycles. The lowest BCUT2D eigenvalue weighted by atomic mass is 9.65. The number of aromatic hydroxyl groups is 3. The summed E-state index contributed by atoms with van der Waals surface area (Å²) in [7, 11) is 2.83. The van der Waals surface area contributed by atoms with Gasteiger partial charge in [-0.3, -0.25) is 4.79 Å². The third-order valence-corrected chi connectivity index (χ3v) is 7.37. The summed E-state index contributed by atoms with van der Waals surface area (Å²) >= 11 is 0. The van der Waals surface area contributed by atoms with E-state index >= 15 is 0 Å². The maximum atomic E-state index is 13.2. The molecule has 0 amide bonds. The highest BCUT2D eigenvalue weighted by molar-refractivity contribution is 5.89. The molecule has 10 nitrogen and oxygen atoms in total. The Bertz CT molecular complexity index is 1390. The standard InChI is InChI=1S/C29H29NO9/c1-4-38-28(34)14-5-7-16(8-6-14)30-26-18-12-21(32)20(31)11-17(18)24(25-19(26)13-39-29(25)35)15-9-22(36-2)27(33)23(10-15)37-3/h5-12,19,24-26,30-33H,4,13H2,1-3H3/t19-,24+,25-,26?/m0/s1. The molecule has 5 rings (SSSR count). The Labute approximate surface area is 224 Å². The molecule has 10 heteroatoms. The summed E-state index contributed by atoms with van der Waals surface area (Å²) in [5.41, 5.74) is 2.95. The van der Waals surface area contributed by atoms with Gasteiger partial charge in [-0.05, 0) is 72.1 Å². The molecule has 204 valence electrons. The van der Waals surface area contributed by atoms with Crippen LogP contribution >= 0.6 is 0 Å². The number of rotatable bonds is 7. The maximum absolute atomic E-state index is 13.2. The van der Waals surface area contributed by atoms with Crippen molar-refractivity contribution in [2.24, 2.45) is 11.8 Å². The van der Waals surface area contributed by atoms with Gasteiger partial charge < -0.3 is 39.6 Å². The molecule has 0 bridgehead atoms. The molecule has 4 N–H and O–H groups in total. The Morgan fingerprint density at radius 3 is 2.18 bits per heavy atom.